The minimum absolute atomic E-state index is 0.249. The van der Waals surface area contributed by atoms with Crippen molar-refractivity contribution >= 4 is 22.7 Å². The third kappa shape index (κ3) is 3.60. The van der Waals surface area contributed by atoms with Crippen molar-refractivity contribution in [3.8, 4) is 0 Å². The second kappa shape index (κ2) is 6.83. The molecule has 2 amide bonds. The topological polar surface area (TPSA) is 62.3 Å². The maximum atomic E-state index is 13.8. The van der Waals surface area contributed by atoms with Crippen LogP contribution in [-0.4, -0.2) is 40.3 Å². The van der Waals surface area contributed by atoms with E-state index >= 15 is 0 Å². The van der Waals surface area contributed by atoms with Crippen LogP contribution in [0.4, 0.5) is 4.39 Å². The Hall–Kier alpha value is -2.50. The van der Waals surface area contributed by atoms with Gasteiger partial charge in [-0.1, -0.05) is 0 Å². The van der Waals surface area contributed by atoms with Gasteiger partial charge in [0, 0.05) is 30.2 Å². The Labute approximate surface area is 164 Å². The van der Waals surface area contributed by atoms with E-state index in [9.17, 15) is 14.0 Å². The van der Waals surface area contributed by atoms with Crippen LogP contribution in [0.1, 0.15) is 45.1 Å². The summed E-state index contributed by atoms with van der Waals surface area (Å²) in [5.41, 5.74) is 1.53. The minimum Gasteiger partial charge on any atom is -0.343 e. The molecule has 6 heteroatoms. The van der Waals surface area contributed by atoms with E-state index in [1.165, 1.54) is 6.07 Å². The first kappa shape index (κ1) is 18.8. The van der Waals surface area contributed by atoms with Crippen LogP contribution in [-0.2, 0) is 9.59 Å². The molecule has 1 aliphatic carbocycles. The molecule has 0 bridgehead atoms. The van der Waals surface area contributed by atoms with Gasteiger partial charge >= 0.3 is 11.8 Å². The van der Waals surface area contributed by atoms with Crippen molar-refractivity contribution < 1.29 is 14.0 Å². The Morgan fingerprint density at radius 2 is 1.82 bits per heavy atom. The number of pyridine rings is 1. The quantitative estimate of drug-likeness (QED) is 0.769. The van der Waals surface area contributed by atoms with E-state index in [4.69, 9.17) is 0 Å². The maximum absolute atomic E-state index is 13.8. The smallest absolute Gasteiger partial charge is 0.311 e. The molecule has 4 rings (SSSR count). The third-order valence-electron chi connectivity index (χ3n) is 5.90. The molecular formula is C22H26FN3O2. The van der Waals surface area contributed by atoms with E-state index in [2.05, 4.69) is 10.3 Å². The highest BCUT2D eigenvalue weighted by Gasteiger charge is 2.44. The number of rotatable bonds is 1. The zero-order valence-electron chi connectivity index (χ0n) is 16.5. The van der Waals surface area contributed by atoms with Crippen molar-refractivity contribution in [2.24, 2.45) is 11.8 Å². The summed E-state index contributed by atoms with van der Waals surface area (Å²) in [6, 6.07) is 6.72. The number of nitrogens with one attached hydrogen (secondary N) is 1. The van der Waals surface area contributed by atoms with Crippen LogP contribution in [0.3, 0.4) is 0 Å². The molecule has 1 N–H and O–H groups in total. The fourth-order valence-electron chi connectivity index (χ4n) is 4.75. The highest BCUT2D eigenvalue weighted by molar-refractivity contribution is 6.35. The van der Waals surface area contributed by atoms with E-state index in [0.717, 1.165) is 29.3 Å². The van der Waals surface area contributed by atoms with Crippen LogP contribution in [0, 0.1) is 17.7 Å². The van der Waals surface area contributed by atoms with Crippen LogP contribution in [0.5, 0.6) is 0 Å². The third-order valence-corrected chi connectivity index (χ3v) is 5.90. The summed E-state index contributed by atoms with van der Waals surface area (Å²) in [6.07, 6.45) is 3.69. The lowest BCUT2D eigenvalue weighted by atomic mass is 9.93. The van der Waals surface area contributed by atoms with Gasteiger partial charge in [0.1, 0.15) is 5.82 Å². The summed E-state index contributed by atoms with van der Waals surface area (Å²) in [6.45, 7) is 6.83. The lowest BCUT2D eigenvalue weighted by molar-refractivity contribution is -0.146. The molecule has 1 aromatic carbocycles. The zero-order chi connectivity index (χ0) is 20.1. The van der Waals surface area contributed by atoms with Crippen molar-refractivity contribution in [3.05, 3.63) is 41.8 Å². The highest BCUT2D eigenvalue weighted by Crippen LogP contribution is 2.47. The Kier molecular flexibility index (Phi) is 4.60. The predicted molar refractivity (Wildman–Crippen MR) is 105 cm³/mol. The number of aromatic nitrogens is 1. The molecule has 1 saturated heterocycles. The average molecular weight is 383 g/mol. The number of carbonyl (C=O) groups excluding carboxylic acids is 2. The van der Waals surface area contributed by atoms with E-state index in [1.807, 2.05) is 26.8 Å². The minimum atomic E-state index is -0.528. The summed E-state index contributed by atoms with van der Waals surface area (Å²) in [5, 5.41) is 3.63. The largest absolute Gasteiger partial charge is 0.343 e. The molecule has 1 aromatic heterocycles. The summed E-state index contributed by atoms with van der Waals surface area (Å²) in [5.74, 6) is -0.109. The standard InChI is InChI=1S/C22H26FN3O2/c1-22(2,3)25-20(27)21(28)26-11-14-8-13(9-15(14)12-26)17-6-7-24-19-5-4-16(23)10-18(17)19/h4-7,10,13-15H,8-9,11-12H2,1-3H3,(H,25,27)/t13-,14-,15+. The van der Waals surface area contributed by atoms with Gasteiger partial charge in [0.05, 0.1) is 5.52 Å². The number of halogens is 1. The van der Waals surface area contributed by atoms with Gasteiger partial charge < -0.3 is 10.2 Å². The summed E-state index contributed by atoms with van der Waals surface area (Å²) in [4.78, 5) is 30.7. The molecule has 2 fully saturated rings. The molecule has 2 aromatic rings. The molecular weight excluding hydrogens is 357 g/mol. The van der Waals surface area contributed by atoms with Crippen molar-refractivity contribution in [3.63, 3.8) is 0 Å². The molecule has 2 aliphatic rings. The second-order valence-corrected chi connectivity index (χ2v) is 9.16. The fraction of sp³-hybridized carbons (Fsp3) is 0.500. The van der Waals surface area contributed by atoms with Crippen molar-refractivity contribution in [1.29, 1.82) is 0 Å². The number of benzene rings is 1. The summed E-state index contributed by atoms with van der Waals surface area (Å²) >= 11 is 0. The Bertz CT molecular complexity index is 923. The molecule has 5 nitrogen and oxygen atoms in total. The van der Waals surface area contributed by atoms with Gasteiger partial charge in [-0.25, -0.2) is 4.39 Å². The maximum Gasteiger partial charge on any atom is 0.311 e. The molecule has 0 radical (unpaired) electrons. The van der Waals surface area contributed by atoms with Gasteiger partial charge in [-0.2, -0.15) is 0 Å². The van der Waals surface area contributed by atoms with Crippen molar-refractivity contribution in [1.82, 2.24) is 15.2 Å². The van der Waals surface area contributed by atoms with E-state index < -0.39 is 17.4 Å². The number of likely N-dealkylation sites (tertiary alicyclic amines) is 1. The second-order valence-electron chi connectivity index (χ2n) is 9.16. The zero-order valence-corrected chi connectivity index (χ0v) is 16.5. The van der Waals surface area contributed by atoms with Gasteiger partial charge in [-0.3, -0.25) is 14.6 Å². The van der Waals surface area contributed by atoms with Gasteiger partial charge in [-0.05, 0) is 81.2 Å². The molecule has 3 atom stereocenters. The van der Waals surface area contributed by atoms with Gasteiger partial charge in [0.15, 0.2) is 0 Å². The van der Waals surface area contributed by atoms with E-state index in [-0.39, 0.29) is 5.82 Å². The molecule has 0 spiro atoms. The lowest BCUT2D eigenvalue weighted by Crippen LogP contribution is -2.49. The molecule has 1 aliphatic heterocycles. The van der Waals surface area contributed by atoms with E-state index in [0.29, 0.717) is 30.8 Å². The first-order valence-corrected chi connectivity index (χ1v) is 9.87. The Morgan fingerprint density at radius 3 is 2.46 bits per heavy atom. The first-order chi connectivity index (χ1) is 13.2. The molecule has 0 unspecified atom stereocenters. The number of fused-ring (bicyclic) bond motifs is 2. The predicted octanol–water partition coefficient (Wildman–Crippen LogP) is 3.24. The van der Waals surface area contributed by atoms with Crippen LogP contribution < -0.4 is 5.32 Å². The normalized spacial score (nSPS) is 24.4. The van der Waals surface area contributed by atoms with Gasteiger partial charge in [-0.15, -0.1) is 0 Å². The molecule has 1 saturated carbocycles. The molecule has 28 heavy (non-hydrogen) atoms. The molecule has 2 heterocycles. The van der Waals surface area contributed by atoms with Gasteiger partial charge in [0.25, 0.3) is 0 Å². The monoisotopic (exact) mass is 383 g/mol. The SMILES string of the molecule is CC(C)(C)NC(=O)C(=O)N1C[C@H]2C[C@@H](c3ccnc4ccc(F)cc34)C[C@H]2C1. The number of hydrogen-bond acceptors (Lipinski definition) is 3. The van der Waals surface area contributed by atoms with Gasteiger partial charge in [0.2, 0.25) is 0 Å². The first-order valence-electron chi connectivity index (χ1n) is 9.87. The Balaban J connectivity index is 1.46. The lowest BCUT2D eigenvalue weighted by Gasteiger charge is -2.23. The Morgan fingerprint density at radius 1 is 1.14 bits per heavy atom. The summed E-state index contributed by atoms with van der Waals surface area (Å²) in [7, 11) is 0. The van der Waals surface area contributed by atoms with Crippen LogP contribution in [0.15, 0.2) is 30.5 Å². The molecule has 148 valence electrons. The highest BCUT2D eigenvalue weighted by atomic mass is 19.1. The van der Waals surface area contributed by atoms with E-state index in [1.54, 1.807) is 23.2 Å². The fourth-order valence-corrected chi connectivity index (χ4v) is 4.75. The number of carbonyl (C=O) groups is 2. The number of hydrogen-bond donors (Lipinski definition) is 1. The average Bonchev–Trinajstić information content (AvgIpc) is 3.18. The van der Waals surface area contributed by atoms with Crippen molar-refractivity contribution in [2.45, 2.75) is 45.1 Å². The number of amides is 2. The summed E-state index contributed by atoms with van der Waals surface area (Å²) < 4.78 is 13.8. The van der Waals surface area contributed by atoms with Crippen LogP contribution in [0.2, 0.25) is 0 Å². The van der Waals surface area contributed by atoms with Crippen LogP contribution >= 0.6 is 0 Å². The van der Waals surface area contributed by atoms with Crippen molar-refractivity contribution in [2.75, 3.05) is 13.1 Å². The number of nitrogens with zero attached hydrogens (tertiary/aromatic N) is 2. The van der Waals surface area contributed by atoms with Crippen LogP contribution in [0.25, 0.3) is 10.9 Å².